The normalized spacial score (nSPS) is 17.3. The molecule has 1 fully saturated rings. The molecule has 2 aromatic carbocycles. The van der Waals surface area contributed by atoms with Crippen molar-refractivity contribution in [2.45, 2.75) is 13.0 Å². The summed E-state index contributed by atoms with van der Waals surface area (Å²) in [5.74, 6) is -1.46. The van der Waals surface area contributed by atoms with Crippen LogP contribution in [0.3, 0.4) is 0 Å². The number of ketones is 1. The first-order valence-electron chi connectivity index (χ1n) is 9.92. The summed E-state index contributed by atoms with van der Waals surface area (Å²) in [6, 6.07) is 13.2. The third kappa shape index (κ3) is 3.84. The summed E-state index contributed by atoms with van der Waals surface area (Å²) in [7, 11) is 2.78. The van der Waals surface area contributed by atoms with Gasteiger partial charge in [0.25, 0.3) is 5.78 Å². The van der Waals surface area contributed by atoms with Crippen LogP contribution in [-0.4, -0.2) is 42.1 Å². The fraction of sp³-hybridized carbons (Fsp3) is 0.167. The quantitative estimate of drug-likeness (QED) is 0.273. The third-order valence-corrected chi connectivity index (χ3v) is 5.32. The third-order valence-electron chi connectivity index (χ3n) is 5.32. The number of carbonyl (C=O) groups excluding carboxylic acids is 3. The molecule has 168 valence electrons. The van der Waals surface area contributed by atoms with Crippen LogP contribution in [0.5, 0.6) is 5.75 Å². The highest BCUT2D eigenvalue weighted by molar-refractivity contribution is 6.51. The van der Waals surface area contributed by atoms with Crippen LogP contribution in [0.1, 0.15) is 33.3 Å². The number of Topliss-reactive ketones (excluding diaryl/α,β-unsaturated/α-hetero) is 1. The molecule has 1 N–H and O–H groups in total. The van der Waals surface area contributed by atoms with Gasteiger partial charge in [0.15, 0.2) is 5.82 Å². The van der Waals surface area contributed by atoms with Gasteiger partial charge in [-0.1, -0.05) is 17.3 Å². The molecule has 1 aromatic heterocycles. The number of rotatable bonds is 5. The van der Waals surface area contributed by atoms with Crippen molar-refractivity contribution in [3.8, 4) is 5.75 Å². The summed E-state index contributed by atoms with van der Waals surface area (Å²) >= 11 is 0. The van der Waals surface area contributed by atoms with Gasteiger partial charge in [0.1, 0.15) is 17.3 Å². The molecular weight excluding hydrogens is 428 g/mol. The lowest BCUT2D eigenvalue weighted by Crippen LogP contribution is -2.29. The zero-order chi connectivity index (χ0) is 23.7. The van der Waals surface area contributed by atoms with Crippen molar-refractivity contribution >= 4 is 29.2 Å². The maximum absolute atomic E-state index is 13.1. The lowest BCUT2D eigenvalue weighted by atomic mass is 9.94. The summed E-state index contributed by atoms with van der Waals surface area (Å²) < 4.78 is 15.0. The second kappa shape index (κ2) is 8.62. The van der Waals surface area contributed by atoms with Gasteiger partial charge in [-0.05, 0) is 48.9 Å². The van der Waals surface area contributed by atoms with Crippen molar-refractivity contribution in [1.82, 2.24) is 5.16 Å². The Hall–Kier alpha value is -4.40. The molecular formula is C24H20N2O7. The molecule has 2 heterocycles. The molecule has 0 bridgehead atoms. The summed E-state index contributed by atoms with van der Waals surface area (Å²) in [5, 5.41) is 15.0. The van der Waals surface area contributed by atoms with Crippen LogP contribution >= 0.6 is 0 Å². The van der Waals surface area contributed by atoms with Crippen LogP contribution in [0.15, 0.2) is 64.7 Å². The largest absolute Gasteiger partial charge is 0.507 e. The fourth-order valence-corrected chi connectivity index (χ4v) is 3.67. The SMILES string of the molecule is COC(=O)c1ccc(C2/C(=C(/O)c3ccc(OC)cc3)C(=O)C(=O)N2c2cc(C)on2)cc1. The molecule has 1 saturated heterocycles. The summed E-state index contributed by atoms with van der Waals surface area (Å²) in [4.78, 5) is 39.1. The van der Waals surface area contributed by atoms with E-state index < -0.39 is 23.7 Å². The van der Waals surface area contributed by atoms with Crippen LogP contribution < -0.4 is 9.64 Å². The van der Waals surface area contributed by atoms with Crippen molar-refractivity contribution in [2.24, 2.45) is 0 Å². The predicted octanol–water partition coefficient (Wildman–Crippen LogP) is 3.40. The number of aliphatic hydroxyl groups excluding tert-OH is 1. The Balaban J connectivity index is 1.88. The van der Waals surface area contributed by atoms with E-state index in [1.807, 2.05) is 0 Å². The lowest BCUT2D eigenvalue weighted by molar-refractivity contribution is -0.132. The standard InChI is InChI=1S/C24H20N2O7/c1-13-12-18(25-33-13)26-20(14-4-6-16(7-5-14)24(30)32-3)19(22(28)23(26)29)21(27)15-8-10-17(31-2)11-9-15/h4-12,20,27H,1-3H3/b21-19-. The van der Waals surface area contributed by atoms with E-state index >= 15 is 0 Å². The van der Waals surface area contributed by atoms with E-state index in [0.717, 1.165) is 0 Å². The molecule has 1 aliphatic heterocycles. The van der Waals surface area contributed by atoms with Gasteiger partial charge in [0.05, 0.1) is 31.4 Å². The molecule has 4 rings (SSSR count). The molecule has 0 aliphatic carbocycles. The number of methoxy groups -OCH3 is 2. The van der Waals surface area contributed by atoms with Gasteiger partial charge in [-0.25, -0.2) is 4.79 Å². The number of ether oxygens (including phenoxy) is 2. The number of aliphatic hydroxyl groups is 1. The zero-order valence-electron chi connectivity index (χ0n) is 18.1. The highest BCUT2D eigenvalue weighted by Crippen LogP contribution is 2.42. The number of amides is 1. The van der Waals surface area contributed by atoms with E-state index in [4.69, 9.17) is 14.0 Å². The van der Waals surface area contributed by atoms with Crippen molar-refractivity contribution in [2.75, 3.05) is 19.1 Å². The first-order valence-corrected chi connectivity index (χ1v) is 9.92. The number of hydrogen-bond acceptors (Lipinski definition) is 8. The molecule has 9 heteroatoms. The first-order chi connectivity index (χ1) is 15.8. The van der Waals surface area contributed by atoms with Gasteiger partial charge in [-0.2, -0.15) is 0 Å². The van der Waals surface area contributed by atoms with Crippen LogP contribution in [-0.2, 0) is 14.3 Å². The van der Waals surface area contributed by atoms with Crippen LogP contribution in [0.25, 0.3) is 5.76 Å². The molecule has 0 saturated carbocycles. The topological polar surface area (TPSA) is 119 Å². The van der Waals surface area contributed by atoms with Gasteiger partial charge >= 0.3 is 11.9 Å². The van der Waals surface area contributed by atoms with E-state index in [9.17, 15) is 19.5 Å². The van der Waals surface area contributed by atoms with Gasteiger partial charge in [-0.15, -0.1) is 0 Å². The Labute approximate surface area is 188 Å². The summed E-state index contributed by atoms with van der Waals surface area (Å²) in [6.45, 7) is 1.66. The number of benzene rings is 2. The Morgan fingerprint density at radius 2 is 1.67 bits per heavy atom. The van der Waals surface area contributed by atoms with Gasteiger partial charge in [-0.3, -0.25) is 14.5 Å². The molecule has 1 amide bonds. The molecule has 33 heavy (non-hydrogen) atoms. The van der Waals surface area contributed by atoms with E-state index in [1.165, 1.54) is 37.3 Å². The zero-order valence-corrected chi connectivity index (χ0v) is 18.1. The lowest BCUT2D eigenvalue weighted by Gasteiger charge is -2.23. The number of aryl methyl sites for hydroxylation is 1. The van der Waals surface area contributed by atoms with Crippen molar-refractivity contribution in [3.05, 3.63) is 82.6 Å². The number of aromatic nitrogens is 1. The number of anilines is 1. The van der Waals surface area contributed by atoms with Crippen molar-refractivity contribution < 1.29 is 33.5 Å². The minimum atomic E-state index is -0.997. The number of carbonyl (C=O) groups is 3. The van der Waals surface area contributed by atoms with Gasteiger partial charge in [0.2, 0.25) is 0 Å². The van der Waals surface area contributed by atoms with Crippen LogP contribution in [0.4, 0.5) is 5.82 Å². The smallest absolute Gasteiger partial charge is 0.337 e. The molecule has 0 radical (unpaired) electrons. The summed E-state index contributed by atoms with van der Waals surface area (Å²) in [5.41, 5.74) is 1.00. The highest BCUT2D eigenvalue weighted by Gasteiger charge is 2.48. The van der Waals surface area contributed by atoms with Gasteiger partial charge in [0, 0.05) is 11.6 Å². The average molecular weight is 448 g/mol. The Morgan fingerprint density at radius 1 is 1.03 bits per heavy atom. The van der Waals surface area contributed by atoms with Crippen molar-refractivity contribution in [3.63, 3.8) is 0 Å². The Kier molecular flexibility index (Phi) is 5.70. The molecule has 1 atom stereocenters. The molecule has 0 spiro atoms. The van der Waals surface area contributed by atoms with E-state index in [2.05, 4.69) is 5.16 Å². The maximum Gasteiger partial charge on any atom is 0.337 e. The average Bonchev–Trinajstić information content (AvgIpc) is 3.38. The van der Waals surface area contributed by atoms with E-state index in [1.54, 1.807) is 43.3 Å². The first kappa shape index (κ1) is 21.8. The van der Waals surface area contributed by atoms with Gasteiger partial charge < -0.3 is 19.1 Å². The van der Waals surface area contributed by atoms with Crippen LogP contribution in [0.2, 0.25) is 0 Å². The molecule has 1 unspecified atom stereocenters. The van der Waals surface area contributed by atoms with Crippen LogP contribution in [0, 0.1) is 6.92 Å². The fourth-order valence-electron chi connectivity index (χ4n) is 3.67. The summed E-state index contributed by atoms with van der Waals surface area (Å²) in [6.07, 6.45) is 0. The Bertz CT molecular complexity index is 1260. The number of nitrogens with zero attached hydrogens (tertiary/aromatic N) is 2. The minimum absolute atomic E-state index is 0.114. The second-order valence-electron chi connectivity index (χ2n) is 7.31. The minimum Gasteiger partial charge on any atom is -0.507 e. The highest BCUT2D eigenvalue weighted by atomic mass is 16.5. The molecule has 9 nitrogen and oxygen atoms in total. The number of esters is 1. The number of hydrogen-bond donors (Lipinski definition) is 1. The predicted molar refractivity (Wildman–Crippen MR) is 117 cm³/mol. The van der Waals surface area contributed by atoms with Crippen molar-refractivity contribution in [1.29, 1.82) is 0 Å². The molecule has 3 aromatic rings. The molecule has 1 aliphatic rings. The monoisotopic (exact) mass is 448 g/mol. The maximum atomic E-state index is 13.1. The van der Waals surface area contributed by atoms with E-state index in [0.29, 0.717) is 28.2 Å². The second-order valence-corrected chi connectivity index (χ2v) is 7.31. The van der Waals surface area contributed by atoms with E-state index in [-0.39, 0.29) is 17.2 Å². The Morgan fingerprint density at radius 3 is 2.21 bits per heavy atom.